The Bertz CT molecular complexity index is 1550. The third-order valence-electron chi connectivity index (χ3n) is 7.00. The summed E-state index contributed by atoms with van der Waals surface area (Å²) in [7, 11) is 0. The zero-order valence-electron chi connectivity index (χ0n) is 22.3. The molecule has 1 aromatic heterocycles. The molecule has 1 saturated heterocycles. The SMILES string of the molecule is CCOC(=O)c1c(C)nc(-c2ccccc2)nc1C(=O)N1CCN(C(=O)c2cccc3ccccc23)C(C)C1. The van der Waals surface area contributed by atoms with Crippen molar-refractivity contribution < 1.29 is 19.1 Å². The number of amides is 2. The number of fused-ring (bicyclic) bond motifs is 1. The van der Waals surface area contributed by atoms with Crippen LogP contribution in [0.1, 0.15) is 50.7 Å². The maximum absolute atomic E-state index is 13.9. The predicted molar refractivity (Wildman–Crippen MR) is 149 cm³/mol. The van der Waals surface area contributed by atoms with Crippen LogP contribution < -0.4 is 0 Å². The van der Waals surface area contributed by atoms with Crippen LogP contribution in [-0.2, 0) is 4.74 Å². The third kappa shape index (κ3) is 5.10. The van der Waals surface area contributed by atoms with Gasteiger partial charge in [-0.25, -0.2) is 14.8 Å². The van der Waals surface area contributed by atoms with Crippen LogP contribution in [0.3, 0.4) is 0 Å². The van der Waals surface area contributed by atoms with Crippen molar-refractivity contribution in [2.24, 2.45) is 0 Å². The van der Waals surface area contributed by atoms with Crippen LogP contribution in [0.4, 0.5) is 0 Å². The smallest absolute Gasteiger partial charge is 0.342 e. The number of piperazine rings is 1. The summed E-state index contributed by atoms with van der Waals surface area (Å²) < 4.78 is 5.24. The fourth-order valence-electron chi connectivity index (χ4n) is 5.05. The molecule has 8 heteroatoms. The highest BCUT2D eigenvalue weighted by Gasteiger charge is 2.34. The maximum atomic E-state index is 13.9. The van der Waals surface area contributed by atoms with Gasteiger partial charge >= 0.3 is 5.97 Å². The van der Waals surface area contributed by atoms with E-state index in [1.165, 1.54) is 0 Å². The molecule has 2 heterocycles. The standard InChI is InChI=1S/C31H30N4O4/c1-4-39-31(38)26-21(3)32-28(23-12-6-5-7-13-23)33-27(26)30(37)34-17-18-35(20(2)19-34)29(36)25-16-10-14-22-11-8-9-15-24(22)25/h5-16,20H,4,17-19H2,1-3H3. The molecule has 1 fully saturated rings. The van der Waals surface area contributed by atoms with Crippen LogP contribution in [0.5, 0.6) is 0 Å². The van der Waals surface area contributed by atoms with Crippen molar-refractivity contribution in [3.63, 3.8) is 0 Å². The van der Waals surface area contributed by atoms with Gasteiger partial charge < -0.3 is 14.5 Å². The Morgan fingerprint density at radius 2 is 1.62 bits per heavy atom. The summed E-state index contributed by atoms with van der Waals surface area (Å²) in [5.41, 5.74) is 1.85. The number of esters is 1. The molecule has 1 aliphatic heterocycles. The molecule has 2 amide bonds. The van der Waals surface area contributed by atoms with E-state index in [0.717, 1.165) is 16.3 Å². The number of nitrogens with zero attached hydrogens (tertiary/aromatic N) is 4. The third-order valence-corrected chi connectivity index (χ3v) is 7.00. The molecule has 4 aromatic rings. The zero-order valence-corrected chi connectivity index (χ0v) is 22.3. The summed E-state index contributed by atoms with van der Waals surface area (Å²) in [6, 6.07) is 22.6. The van der Waals surface area contributed by atoms with Gasteiger partial charge in [0.15, 0.2) is 5.82 Å². The molecule has 0 saturated carbocycles. The Morgan fingerprint density at radius 3 is 2.36 bits per heavy atom. The minimum Gasteiger partial charge on any atom is -0.462 e. The Labute approximate surface area is 227 Å². The normalized spacial score (nSPS) is 15.3. The maximum Gasteiger partial charge on any atom is 0.342 e. The van der Waals surface area contributed by atoms with E-state index in [4.69, 9.17) is 4.74 Å². The first-order chi connectivity index (χ1) is 18.9. The van der Waals surface area contributed by atoms with Gasteiger partial charge in [-0.05, 0) is 37.6 Å². The van der Waals surface area contributed by atoms with Gasteiger partial charge in [0.05, 0.1) is 12.3 Å². The van der Waals surface area contributed by atoms with E-state index in [9.17, 15) is 14.4 Å². The van der Waals surface area contributed by atoms with Crippen molar-refractivity contribution in [1.29, 1.82) is 0 Å². The number of rotatable bonds is 5. The molecule has 1 unspecified atom stereocenters. The molecule has 5 rings (SSSR count). The first-order valence-corrected chi connectivity index (χ1v) is 13.1. The number of aryl methyl sites for hydroxylation is 1. The van der Waals surface area contributed by atoms with Crippen LogP contribution in [-0.4, -0.2) is 69.8 Å². The Hall–Kier alpha value is -4.59. The predicted octanol–water partition coefficient (Wildman–Crippen LogP) is 4.77. The van der Waals surface area contributed by atoms with Crippen LogP contribution in [0.2, 0.25) is 0 Å². The Morgan fingerprint density at radius 1 is 0.897 bits per heavy atom. The summed E-state index contributed by atoms with van der Waals surface area (Å²) in [4.78, 5) is 52.8. The number of carbonyl (C=O) groups excluding carboxylic acids is 3. The highest BCUT2D eigenvalue weighted by atomic mass is 16.5. The molecule has 0 N–H and O–H groups in total. The zero-order chi connectivity index (χ0) is 27.5. The van der Waals surface area contributed by atoms with Crippen molar-refractivity contribution >= 4 is 28.6 Å². The van der Waals surface area contributed by atoms with E-state index < -0.39 is 5.97 Å². The summed E-state index contributed by atoms with van der Waals surface area (Å²) in [5.74, 6) is -0.717. The topological polar surface area (TPSA) is 92.7 Å². The number of carbonyl (C=O) groups is 3. The summed E-state index contributed by atoms with van der Waals surface area (Å²) >= 11 is 0. The van der Waals surface area contributed by atoms with Gasteiger partial charge in [0.25, 0.3) is 11.8 Å². The average molecular weight is 523 g/mol. The first-order valence-electron chi connectivity index (χ1n) is 13.1. The molecule has 198 valence electrons. The second-order valence-corrected chi connectivity index (χ2v) is 9.57. The molecule has 1 atom stereocenters. The fraction of sp³-hybridized carbons (Fsp3) is 0.258. The Balaban J connectivity index is 1.43. The van der Waals surface area contributed by atoms with Crippen molar-refractivity contribution in [3.8, 4) is 11.4 Å². The fourth-order valence-corrected chi connectivity index (χ4v) is 5.05. The van der Waals surface area contributed by atoms with Crippen LogP contribution in [0.25, 0.3) is 22.2 Å². The quantitative estimate of drug-likeness (QED) is 0.351. The highest BCUT2D eigenvalue weighted by molar-refractivity contribution is 6.07. The lowest BCUT2D eigenvalue weighted by Crippen LogP contribution is -2.55. The van der Waals surface area contributed by atoms with E-state index >= 15 is 0 Å². The van der Waals surface area contributed by atoms with Crippen molar-refractivity contribution in [2.45, 2.75) is 26.8 Å². The molecule has 0 spiro atoms. The highest BCUT2D eigenvalue weighted by Crippen LogP contribution is 2.25. The van der Waals surface area contributed by atoms with Gasteiger partial charge in [0.2, 0.25) is 0 Å². The number of benzene rings is 3. The second-order valence-electron chi connectivity index (χ2n) is 9.57. The lowest BCUT2D eigenvalue weighted by atomic mass is 10.0. The molecule has 1 aliphatic rings. The number of hydrogen-bond donors (Lipinski definition) is 0. The van der Waals surface area contributed by atoms with Gasteiger partial charge in [-0.1, -0.05) is 66.7 Å². The van der Waals surface area contributed by atoms with E-state index in [2.05, 4.69) is 9.97 Å². The van der Waals surface area contributed by atoms with Crippen LogP contribution >= 0.6 is 0 Å². The van der Waals surface area contributed by atoms with E-state index in [1.54, 1.807) is 23.6 Å². The molecule has 0 aliphatic carbocycles. The van der Waals surface area contributed by atoms with Gasteiger partial charge in [-0.3, -0.25) is 9.59 Å². The summed E-state index contributed by atoms with van der Waals surface area (Å²) in [5, 5.41) is 1.91. The molecule has 8 nitrogen and oxygen atoms in total. The molecular formula is C31H30N4O4. The van der Waals surface area contributed by atoms with Crippen molar-refractivity contribution in [3.05, 3.63) is 95.3 Å². The summed E-state index contributed by atoms with van der Waals surface area (Å²) in [6.07, 6.45) is 0. The van der Waals surface area contributed by atoms with Crippen LogP contribution in [0.15, 0.2) is 72.8 Å². The average Bonchev–Trinajstić information content (AvgIpc) is 2.96. The molecular weight excluding hydrogens is 492 g/mol. The second kappa shape index (κ2) is 11.0. The number of hydrogen-bond acceptors (Lipinski definition) is 6. The van der Waals surface area contributed by atoms with E-state index in [1.807, 2.05) is 79.7 Å². The van der Waals surface area contributed by atoms with Gasteiger partial charge in [-0.15, -0.1) is 0 Å². The molecule has 0 bridgehead atoms. The molecule has 0 radical (unpaired) electrons. The summed E-state index contributed by atoms with van der Waals surface area (Å²) in [6.45, 7) is 6.46. The monoisotopic (exact) mass is 522 g/mol. The lowest BCUT2D eigenvalue weighted by molar-refractivity contribution is 0.0407. The van der Waals surface area contributed by atoms with Gasteiger partial charge in [-0.2, -0.15) is 0 Å². The van der Waals surface area contributed by atoms with E-state index in [-0.39, 0.29) is 35.7 Å². The van der Waals surface area contributed by atoms with Crippen molar-refractivity contribution in [2.75, 3.05) is 26.2 Å². The van der Waals surface area contributed by atoms with Crippen molar-refractivity contribution in [1.82, 2.24) is 19.8 Å². The minimum absolute atomic E-state index is 0.0147. The molecule has 3 aromatic carbocycles. The van der Waals surface area contributed by atoms with Gasteiger partial charge in [0, 0.05) is 36.8 Å². The number of ether oxygens (including phenoxy) is 1. The number of aromatic nitrogens is 2. The first kappa shape index (κ1) is 26.0. The van der Waals surface area contributed by atoms with Crippen LogP contribution in [0, 0.1) is 6.92 Å². The minimum atomic E-state index is -0.629. The van der Waals surface area contributed by atoms with Gasteiger partial charge in [0.1, 0.15) is 11.3 Å². The molecule has 39 heavy (non-hydrogen) atoms. The Kier molecular flexibility index (Phi) is 7.36. The van der Waals surface area contributed by atoms with E-state index in [0.29, 0.717) is 36.7 Å². The lowest BCUT2D eigenvalue weighted by Gasteiger charge is -2.40. The largest absolute Gasteiger partial charge is 0.462 e.